The van der Waals surface area contributed by atoms with Crippen LogP contribution in [0.2, 0.25) is 0 Å². The zero-order valence-electron chi connectivity index (χ0n) is 12.9. The second kappa shape index (κ2) is 7.22. The molecule has 1 aromatic carbocycles. The molecule has 0 amide bonds. The average Bonchev–Trinajstić information content (AvgIpc) is 2.79. The molecule has 1 unspecified atom stereocenters. The van der Waals surface area contributed by atoms with Crippen molar-refractivity contribution in [3.05, 3.63) is 30.1 Å². The first-order valence-electron chi connectivity index (χ1n) is 7.49. The number of nitrogens with one attached hydrogen (secondary N) is 1. The molecule has 114 valence electrons. The molecule has 0 spiro atoms. The van der Waals surface area contributed by atoms with E-state index in [1.807, 2.05) is 38.1 Å². The van der Waals surface area contributed by atoms with E-state index >= 15 is 0 Å². The van der Waals surface area contributed by atoms with Crippen molar-refractivity contribution in [3.8, 4) is 0 Å². The molecule has 0 aliphatic carbocycles. The van der Waals surface area contributed by atoms with Crippen molar-refractivity contribution in [2.24, 2.45) is 0 Å². The van der Waals surface area contributed by atoms with Gasteiger partial charge in [-0.25, -0.2) is 4.98 Å². The van der Waals surface area contributed by atoms with Crippen LogP contribution in [0, 0.1) is 6.92 Å². The van der Waals surface area contributed by atoms with E-state index in [0.717, 1.165) is 29.8 Å². The summed E-state index contributed by atoms with van der Waals surface area (Å²) < 4.78 is 7.24. The largest absolute Gasteiger partial charge is 0.465 e. The van der Waals surface area contributed by atoms with Crippen molar-refractivity contribution >= 4 is 17.0 Å². The van der Waals surface area contributed by atoms with Crippen LogP contribution in [-0.4, -0.2) is 34.7 Å². The molecule has 0 fully saturated rings. The molecule has 1 heterocycles. The van der Waals surface area contributed by atoms with Gasteiger partial charge in [-0.3, -0.25) is 4.79 Å². The fourth-order valence-corrected chi connectivity index (χ4v) is 2.39. The van der Waals surface area contributed by atoms with E-state index in [1.54, 1.807) is 0 Å². The number of aromatic nitrogens is 2. The van der Waals surface area contributed by atoms with Gasteiger partial charge in [0.25, 0.3) is 0 Å². The number of imidazole rings is 1. The molecule has 0 bridgehead atoms. The maximum Gasteiger partial charge on any atom is 0.324 e. The first-order valence-corrected chi connectivity index (χ1v) is 7.49. The van der Waals surface area contributed by atoms with Crippen molar-refractivity contribution in [1.82, 2.24) is 14.9 Å². The number of esters is 1. The van der Waals surface area contributed by atoms with Crippen LogP contribution in [0.4, 0.5) is 0 Å². The number of benzene rings is 1. The van der Waals surface area contributed by atoms with Crippen molar-refractivity contribution in [2.45, 2.75) is 39.8 Å². The molecule has 2 rings (SSSR count). The Bertz CT molecular complexity index is 607. The summed E-state index contributed by atoms with van der Waals surface area (Å²) in [4.78, 5) is 16.6. The monoisotopic (exact) mass is 289 g/mol. The van der Waals surface area contributed by atoms with Gasteiger partial charge >= 0.3 is 5.97 Å². The Morgan fingerprint density at radius 1 is 1.38 bits per heavy atom. The first-order chi connectivity index (χ1) is 10.2. The van der Waals surface area contributed by atoms with Gasteiger partial charge in [0.05, 0.1) is 24.2 Å². The molecule has 0 aliphatic rings. The van der Waals surface area contributed by atoms with Crippen LogP contribution in [0.15, 0.2) is 24.3 Å². The number of fused-ring (bicyclic) bond motifs is 1. The summed E-state index contributed by atoms with van der Waals surface area (Å²) >= 11 is 0. The summed E-state index contributed by atoms with van der Waals surface area (Å²) in [5, 5.41) is 3.26. The quantitative estimate of drug-likeness (QED) is 0.795. The molecule has 5 heteroatoms. The average molecular weight is 289 g/mol. The highest BCUT2D eigenvalue weighted by Crippen LogP contribution is 2.16. The molecule has 1 N–H and O–H groups in total. The number of nitrogens with zero attached hydrogens (tertiary/aromatic N) is 2. The van der Waals surface area contributed by atoms with Crippen LogP contribution >= 0.6 is 0 Å². The highest BCUT2D eigenvalue weighted by atomic mass is 16.5. The van der Waals surface area contributed by atoms with Crippen LogP contribution < -0.4 is 5.32 Å². The Balaban J connectivity index is 2.25. The number of carbonyl (C=O) groups excluding carboxylic acids is 1. The van der Waals surface area contributed by atoms with Gasteiger partial charge in [0.1, 0.15) is 11.9 Å². The minimum atomic E-state index is -0.346. The van der Waals surface area contributed by atoms with Crippen LogP contribution in [0.3, 0.4) is 0 Å². The Morgan fingerprint density at radius 2 is 2.14 bits per heavy atom. The predicted molar refractivity (Wildman–Crippen MR) is 83.2 cm³/mol. The zero-order valence-corrected chi connectivity index (χ0v) is 12.9. The summed E-state index contributed by atoms with van der Waals surface area (Å²) in [6.45, 7) is 7.58. The molecule has 21 heavy (non-hydrogen) atoms. The molecule has 1 aromatic heterocycles. The van der Waals surface area contributed by atoms with Gasteiger partial charge in [-0.05, 0) is 38.9 Å². The van der Waals surface area contributed by atoms with Crippen LogP contribution in [0.1, 0.15) is 26.1 Å². The second-order valence-electron chi connectivity index (χ2n) is 5.02. The fourth-order valence-electron chi connectivity index (χ4n) is 2.39. The predicted octanol–water partition coefficient (Wildman–Crippen LogP) is 2.28. The number of hydrogen-bond acceptors (Lipinski definition) is 4. The van der Waals surface area contributed by atoms with Gasteiger partial charge in [-0.15, -0.1) is 0 Å². The van der Waals surface area contributed by atoms with E-state index in [-0.39, 0.29) is 12.0 Å². The van der Waals surface area contributed by atoms with Gasteiger partial charge < -0.3 is 14.6 Å². The lowest BCUT2D eigenvalue weighted by atomic mass is 10.2. The molecule has 0 radical (unpaired) electrons. The first kappa shape index (κ1) is 15.5. The number of para-hydroxylation sites is 2. The Labute approximate surface area is 125 Å². The van der Waals surface area contributed by atoms with Crippen molar-refractivity contribution in [2.75, 3.05) is 13.2 Å². The lowest BCUT2D eigenvalue weighted by Gasteiger charge is -2.18. The van der Waals surface area contributed by atoms with Crippen LogP contribution in [0.25, 0.3) is 11.0 Å². The summed E-state index contributed by atoms with van der Waals surface area (Å²) in [7, 11) is 0. The van der Waals surface area contributed by atoms with Crippen LogP contribution in [-0.2, 0) is 16.1 Å². The molecule has 5 nitrogen and oxygen atoms in total. The molecule has 0 aliphatic heterocycles. The molecule has 0 saturated carbocycles. The third kappa shape index (κ3) is 3.61. The van der Waals surface area contributed by atoms with Crippen molar-refractivity contribution in [3.63, 3.8) is 0 Å². The Morgan fingerprint density at radius 3 is 2.86 bits per heavy atom. The lowest BCUT2D eigenvalue weighted by Crippen LogP contribution is -2.42. The third-order valence-electron chi connectivity index (χ3n) is 3.42. The minimum Gasteiger partial charge on any atom is -0.465 e. The maximum atomic E-state index is 12.1. The molecular weight excluding hydrogens is 266 g/mol. The number of carbonyl (C=O) groups is 1. The van der Waals surface area contributed by atoms with Gasteiger partial charge in [-0.2, -0.15) is 0 Å². The fraction of sp³-hybridized carbons (Fsp3) is 0.500. The third-order valence-corrected chi connectivity index (χ3v) is 3.42. The van der Waals surface area contributed by atoms with Gasteiger partial charge in [0.2, 0.25) is 0 Å². The SMILES string of the molecule is CCCNC(Cn1c(C)nc2ccccc21)C(=O)OCC. The number of ether oxygens (including phenoxy) is 1. The van der Waals surface area contributed by atoms with E-state index in [4.69, 9.17) is 4.74 Å². The Kier molecular flexibility index (Phi) is 5.33. The number of aryl methyl sites for hydroxylation is 1. The number of rotatable bonds is 7. The summed E-state index contributed by atoms with van der Waals surface area (Å²) in [6.07, 6.45) is 0.972. The minimum absolute atomic E-state index is 0.205. The highest BCUT2D eigenvalue weighted by Gasteiger charge is 2.21. The maximum absolute atomic E-state index is 12.1. The smallest absolute Gasteiger partial charge is 0.324 e. The van der Waals surface area contributed by atoms with E-state index in [2.05, 4.69) is 21.8 Å². The van der Waals surface area contributed by atoms with Gasteiger partial charge in [0, 0.05) is 0 Å². The Hall–Kier alpha value is -1.88. The van der Waals surface area contributed by atoms with E-state index in [9.17, 15) is 4.79 Å². The zero-order chi connectivity index (χ0) is 15.2. The summed E-state index contributed by atoms with van der Waals surface area (Å²) in [6, 6.07) is 7.62. The standard InChI is InChI=1S/C16H23N3O2/c1-4-10-17-14(16(20)21-5-2)11-19-12(3)18-13-8-6-7-9-15(13)19/h6-9,14,17H,4-5,10-11H2,1-3H3. The van der Waals surface area contributed by atoms with Crippen molar-refractivity contribution in [1.29, 1.82) is 0 Å². The highest BCUT2D eigenvalue weighted by molar-refractivity contribution is 5.78. The summed E-state index contributed by atoms with van der Waals surface area (Å²) in [5.74, 6) is 0.701. The van der Waals surface area contributed by atoms with Gasteiger partial charge in [0.15, 0.2) is 0 Å². The van der Waals surface area contributed by atoms with E-state index < -0.39 is 0 Å². The second-order valence-corrected chi connectivity index (χ2v) is 5.02. The van der Waals surface area contributed by atoms with Crippen molar-refractivity contribution < 1.29 is 9.53 Å². The molecular formula is C16H23N3O2. The van der Waals surface area contributed by atoms with Gasteiger partial charge in [-0.1, -0.05) is 19.1 Å². The molecule has 2 aromatic rings. The summed E-state index contributed by atoms with van der Waals surface area (Å²) in [5.41, 5.74) is 2.00. The van der Waals surface area contributed by atoms with E-state index in [0.29, 0.717) is 13.2 Å². The molecule has 1 atom stereocenters. The van der Waals surface area contributed by atoms with E-state index in [1.165, 1.54) is 0 Å². The number of hydrogen-bond donors (Lipinski definition) is 1. The topological polar surface area (TPSA) is 56.2 Å². The van der Waals surface area contributed by atoms with Crippen LogP contribution in [0.5, 0.6) is 0 Å². The molecule has 0 saturated heterocycles. The normalized spacial score (nSPS) is 12.5. The lowest BCUT2D eigenvalue weighted by molar-refractivity contribution is -0.146.